The van der Waals surface area contributed by atoms with Crippen LogP contribution < -0.4 is 19.5 Å². The number of amides is 1. The number of halogens is 1. The Hall–Kier alpha value is -2.76. The minimum Gasteiger partial charge on any atom is -0.497 e. The molecular formula is C15H14FNO4. The van der Waals surface area contributed by atoms with E-state index in [0.717, 1.165) is 0 Å². The highest BCUT2D eigenvalue weighted by Gasteiger charge is 2.10. The number of carbonyl (C=O) groups is 1. The highest BCUT2D eigenvalue weighted by Crippen LogP contribution is 2.29. The molecule has 2 rings (SSSR count). The van der Waals surface area contributed by atoms with Crippen LogP contribution in [0.4, 0.5) is 14.9 Å². The van der Waals surface area contributed by atoms with Crippen LogP contribution in [0.3, 0.4) is 0 Å². The quantitative estimate of drug-likeness (QED) is 0.937. The van der Waals surface area contributed by atoms with Gasteiger partial charge < -0.3 is 14.2 Å². The lowest BCUT2D eigenvalue weighted by Crippen LogP contribution is -2.17. The van der Waals surface area contributed by atoms with Gasteiger partial charge in [0.1, 0.15) is 23.1 Å². The van der Waals surface area contributed by atoms with Crippen molar-refractivity contribution in [3.63, 3.8) is 0 Å². The molecule has 0 bridgehead atoms. The van der Waals surface area contributed by atoms with Crippen molar-refractivity contribution in [2.45, 2.75) is 0 Å². The zero-order chi connectivity index (χ0) is 15.2. The summed E-state index contributed by atoms with van der Waals surface area (Å²) in [6.07, 6.45) is -0.704. The van der Waals surface area contributed by atoms with Gasteiger partial charge in [-0.2, -0.15) is 0 Å². The van der Waals surface area contributed by atoms with Gasteiger partial charge in [0, 0.05) is 6.07 Å². The molecule has 5 nitrogen and oxygen atoms in total. The Kier molecular flexibility index (Phi) is 4.61. The zero-order valence-corrected chi connectivity index (χ0v) is 11.6. The van der Waals surface area contributed by atoms with E-state index in [4.69, 9.17) is 14.2 Å². The fourth-order valence-corrected chi connectivity index (χ4v) is 1.65. The van der Waals surface area contributed by atoms with Gasteiger partial charge >= 0.3 is 6.09 Å². The Morgan fingerprint density at radius 3 is 2.29 bits per heavy atom. The van der Waals surface area contributed by atoms with Crippen molar-refractivity contribution >= 4 is 11.8 Å². The number of methoxy groups -OCH3 is 2. The molecule has 2 aromatic carbocycles. The first-order valence-electron chi connectivity index (χ1n) is 6.09. The third-order valence-corrected chi connectivity index (χ3v) is 2.67. The number of hydrogen-bond acceptors (Lipinski definition) is 4. The first kappa shape index (κ1) is 14.6. The van der Waals surface area contributed by atoms with E-state index in [1.54, 1.807) is 18.2 Å². The fourth-order valence-electron chi connectivity index (χ4n) is 1.65. The van der Waals surface area contributed by atoms with E-state index < -0.39 is 11.9 Å². The predicted octanol–water partition coefficient (Wildman–Crippen LogP) is 3.45. The van der Waals surface area contributed by atoms with Crippen molar-refractivity contribution in [2.75, 3.05) is 19.5 Å². The Bertz CT molecular complexity index is 628. The average molecular weight is 291 g/mol. The molecule has 110 valence electrons. The number of carbonyl (C=O) groups excluding carboxylic acids is 1. The van der Waals surface area contributed by atoms with Gasteiger partial charge in [0.05, 0.1) is 19.9 Å². The van der Waals surface area contributed by atoms with Gasteiger partial charge in [0.2, 0.25) is 0 Å². The molecule has 1 N–H and O–H groups in total. The number of nitrogens with one attached hydrogen (secondary N) is 1. The Morgan fingerprint density at radius 1 is 1.00 bits per heavy atom. The first-order chi connectivity index (χ1) is 10.1. The lowest BCUT2D eigenvalue weighted by atomic mass is 10.2. The second kappa shape index (κ2) is 6.60. The van der Waals surface area contributed by atoms with E-state index in [0.29, 0.717) is 17.2 Å². The molecule has 0 unspecified atom stereocenters. The number of hydrogen-bond donors (Lipinski definition) is 1. The maximum atomic E-state index is 12.8. The molecule has 0 radical (unpaired) electrons. The van der Waals surface area contributed by atoms with Crippen molar-refractivity contribution < 1.29 is 23.4 Å². The third kappa shape index (κ3) is 3.85. The predicted molar refractivity (Wildman–Crippen MR) is 75.6 cm³/mol. The number of anilines is 1. The van der Waals surface area contributed by atoms with Crippen molar-refractivity contribution in [3.8, 4) is 17.2 Å². The summed E-state index contributed by atoms with van der Waals surface area (Å²) >= 11 is 0. The lowest BCUT2D eigenvalue weighted by molar-refractivity contribution is 0.215. The monoisotopic (exact) mass is 291 g/mol. The van der Waals surface area contributed by atoms with E-state index in [1.807, 2.05) is 0 Å². The number of ether oxygens (including phenoxy) is 3. The maximum absolute atomic E-state index is 12.8. The molecule has 0 spiro atoms. The standard InChI is InChI=1S/C15H14FNO4/c1-19-12-7-8-13(14(9-12)20-2)17-15(18)21-11-5-3-10(16)4-6-11/h3-9H,1-2H3,(H,17,18). The fraction of sp³-hybridized carbons (Fsp3) is 0.133. The van der Waals surface area contributed by atoms with Crippen molar-refractivity contribution in [1.29, 1.82) is 0 Å². The number of rotatable bonds is 4. The van der Waals surface area contributed by atoms with E-state index in [2.05, 4.69) is 5.32 Å². The molecule has 0 heterocycles. The number of benzene rings is 2. The molecule has 6 heteroatoms. The van der Waals surface area contributed by atoms with Gasteiger partial charge in [-0.05, 0) is 36.4 Å². The van der Waals surface area contributed by atoms with Crippen LogP contribution in [0.2, 0.25) is 0 Å². The summed E-state index contributed by atoms with van der Waals surface area (Å²) < 4.78 is 28.0. The van der Waals surface area contributed by atoms with E-state index in [-0.39, 0.29) is 5.75 Å². The SMILES string of the molecule is COc1ccc(NC(=O)Oc2ccc(F)cc2)c(OC)c1. The molecule has 0 atom stereocenters. The molecule has 0 saturated heterocycles. The minimum atomic E-state index is -0.704. The van der Waals surface area contributed by atoms with Crippen molar-refractivity contribution in [2.24, 2.45) is 0 Å². The topological polar surface area (TPSA) is 56.8 Å². The summed E-state index contributed by atoms with van der Waals surface area (Å²) in [6, 6.07) is 10.1. The smallest absolute Gasteiger partial charge is 0.417 e. The molecule has 0 aliphatic carbocycles. The van der Waals surface area contributed by atoms with Crippen LogP contribution in [0.5, 0.6) is 17.2 Å². The zero-order valence-electron chi connectivity index (χ0n) is 11.6. The summed E-state index contributed by atoms with van der Waals surface area (Å²) in [5.74, 6) is 0.871. The second-order valence-electron chi connectivity index (χ2n) is 4.03. The third-order valence-electron chi connectivity index (χ3n) is 2.67. The Labute approximate surface area is 121 Å². The van der Waals surface area contributed by atoms with Crippen molar-refractivity contribution in [3.05, 3.63) is 48.3 Å². The van der Waals surface area contributed by atoms with Crippen LogP contribution >= 0.6 is 0 Å². The Morgan fingerprint density at radius 2 is 1.67 bits per heavy atom. The normalized spacial score (nSPS) is 9.86. The first-order valence-corrected chi connectivity index (χ1v) is 6.09. The highest BCUT2D eigenvalue weighted by molar-refractivity contribution is 5.88. The van der Waals surface area contributed by atoms with Crippen LogP contribution in [0.25, 0.3) is 0 Å². The Balaban J connectivity index is 2.07. The maximum Gasteiger partial charge on any atom is 0.417 e. The summed E-state index contributed by atoms with van der Waals surface area (Å²) in [5.41, 5.74) is 0.436. The molecule has 1 amide bonds. The largest absolute Gasteiger partial charge is 0.497 e. The second-order valence-corrected chi connectivity index (χ2v) is 4.03. The molecule has 0 aliphatic heterocycles. The molecule has 0 aromatic heterocycles. The molecule has 0 saturated carbocycles. The molecular weight excluding hydrogens is 277 g/mol. The van der Waals surface area contributed by atoms with Crippen LogP contribution in [0, 0.1) is 5.82 Å². The minimum absolute atomic E-state index is 0.237. The van der Waals surface area contributed by atoms with Gasteiger partial charge in [-0.15, -0.1) is 0 Å². The van der Waals surface area contributed by atoms with Crippen LogP contribution in [-0.4, -0.2) is 20.3 Å². The van der Waals surface area contributed by atoms with E-state index >= 15 is 0 Å². The van der Waals surface area contributed by atoms with Crippen LogP contribution in [-0.2, 0) is 0 Å². The van der Waals surface area contributed by atoms with Crippen LogP contribution in [0.1, 0.15) is 0 Å². The molecule has 0 fully saturated rings. The van der Waals surface area contributed by atoms with Gasteiger partial charge in [0.25, 0.3) is 0 Å². The van der Waals surface area contributed by atoms with Gasteiger partial charge in [-0.3, -0.25) is 5.32 Å². The summed E-state index contributed by atoms with van der Waals surface area (Å²) in [7, 11) is 3.01. The van der Waals surface area contributed by atoms with Crippen molar-refractivity contribution in [1.82, 2.24) is 0 Å². The summed E-state index contributed by atoms with van der Waals surface area (Å²) in [4.78, 5) is 11.8. The summed E-state index contributed by atoms with van der Waals surface area (Å²) in [5, 5.41) is 2.54. The van der Waals surface area contributed by atoms with Gasteiger partial charge in [0.15, 0.2) is 0 Å². The van der Waals surface area contributed by atoms with Crippen LogP contribution in [0.15, 0.2) is 42.5 Å². The van der Waals surface area contributed by atoms with E-state index in [1.165, 1.54) is 38.5 Å². The van der Waals surface area contributed by atoms with Gasteiger partial charge in [-0.25, -0.2) is 9.18 Å². The average Bonchev–Trinajstić information content (AvgIpc) is 2.50. The lowest BCUT2D eigenvalue weighted by Gasteiger charge is -2.11. The van der Waals surface area contributed by atoms with E-state index in [9.17, 15) is 9.18 Å². The molecule has 21 heavy (non-hydrogen) atoms. The summed E-state index contributed by atoms with van der Waals surface area (Å²) in [6.45, 7) is 0. The molecule has 0 aliphatic rings. The molecule has 2 aromatic rings. The highest BCUT2D eigenvalue weighted by atomic mass is 19.1. The van der Waals surface area contributed by atoms with Gasteiger partial charge in [-0.1, -0.05) is 0 Å².